The van der Waals surface area contributed by atoms with Crippen LogP contribution in [0.1, 0.15) is 18.4 Å². The van der Waals surface area contributed by atoms with Gasteiger partial charge < -0.3 is 19.1 Å². The number of hydrogen-bond donors (Lipinski definition) is 0. The van der Waals surface area contributed by atoms with E-state index in [1.54, 1.807) is 0 Å². The van der Waals surface area contributed by atoms with Crippen molar-refractivity contribution in [2.45, 2.75) is 25.4 Å². The first-order valence-corrected chi connectivity index (χ1v) is 11.3. The van der Waals surface area contributed by atoms with Crippen molar-refractivity contribution < 1.29 is 4.74 Å². The monoisotopic (exact) mass is 420 g/mol. The highest BCUT2D eigenvalue weighted by Gasteiger charge is 2.26. The Bertz CT molecular complexity index is 1030. The van der Waals surface area contributed by atoms with Gasteiger partial charge >= 0.3 is 0 Å². The molecule has 0 aliphatic carbocycles. The van der Waals surface area contributed by atoms with Crippen LogP contribution in [0.25, 0.3) is 10.9 Å². The van der Waals surface area contributed by atoms with Crippen LogP contribution < -0.4 is 9.80 Å². The minimum atomic E-state index is 0.420. The number of anilines is 2. The Hall–Kier alpha value is -2.64. The second-order valence-corrected chi connectivity index (χ2v) is 8.74. The molecule has 7 nitrogen and oxygen atoms in total. The number of fused-ring (bicyclic) bond motifs is 1. The van der Waals surface area contributed by atoms with Gasteiger partial charge in [0.15, 0.2) is 0 Å². The molecule has 0 amide bonds. The highest BCUT2D eigenvalue weighted by Crippen LogP contribution is 2.25. The van der Waals surface area contributed by atoms with E-state index in [4.69, 9.17) is 9.72 Å². The maximum absolute atomic E-state index is 5.48. The summed E-state index contributed by atoms with van der Waals surface area (Å²) in [6, 6.07) is 11.1. The van der Waals surface area contributed by atoms with Gasteiger partial charge in [0.05, 0.1) is 13.2 Å². The van der Waals surface area contributed by atoms with Gasteiger partial charge in [0.25, 0.3) is 0 Å². The number of rotatable bonds is 5. The number of ether oxygens (including phenoxy) is 1. The van der Waals surface area contributed by atoms with E-state index in [1.807, 2.05) is 12.3 Å². The molecule has 7 heteroatoms. The minimum absolute atomic E-state index is 0.420. The molecular weight excluding hydrogens is 388 g/mol. The number of piperidine rings is 1. The van der Waals surface area contributed by atoms with Crippen LogP contribution in [0.5, 0.6) is 0 Å². The average molecular weight is 421 g/mol. The summed E-state index contributed by atoms with van der Waals surface area (Å²) in [6.07, 6.45) is 6.55. The van der Waals surface area contributed by atoms with Gasteiger partial charge in [-0.1, -0.05) is 18.2 Å². The van der Waals surface area contributed by atoms with E-state index >= 15 is 0 Å². The zero-order chi connectivity index (χ0) is 21.2. The molecule has 4 heterocycles. The van der Waals surface area contributed by atoms with E-state index < -0.39 is 0 Å². The van der Waals surface area contributed by atoms with Gasteiger partial charge in [-0.2, -0.15) is 4.98 Å². The maximum Gasteiger partial charge on any atom is 0.227 e. The van der Waals surface area contributed by atoms with Crippen molar-refractivity contribution in [3.8, 4) is 0 Å². The first-order valence-electron chi connectivity index (χ1n) is 11.3. The van der Waals surface area contributed by atoms with Crippen LogP contribution in [-0.2, 0) is 18.3 Å². The summed E-state index contributed by atoms with van der Waals surface area (Å²) in [5, 5.41) is 1.36. The molecule has 1 atom stereocenters. The lowest BCUT2D eigenvalue weighted by Crippen LogP contribution is -2.47. The maximum atomic E-state index is 5.48. The predicted molar refractivity (Wildman–Crippen MR) is 125 cm³/mol. The molecule has 2 aliphatic rings. The molecule has 2 aliphatic heterocycles. The second-order valence-electron chi connectivity index (χ2n) is 8.74. The van der Waals surface area contributed by atoms with Crippen LogP contribution in [0.15, 0.2) is 42.7 Å². The van der Waals surface area contributed by atoms with Gasteiger partial charge in [-0.3, -0.25) is 4.90 Å². The van der Waals surface area contributed by atoms with E-state index in [0.29, 0.717) is 6.04 Å². The molecule has 2 fully saturated rings. The number of hydrogen-bond acceptors (Lipinski definition) is 6. The number of benzene rings is 1. The van der Waals surface area contributed by atoms with Crippen LogP contribution in [0, 0.1) is 0 Å². The number of aromatic nitrogens is 3. The van der Waals surface area contributed by atoms with E-state index in [2.05, 4.69) is 68.8 Å². The lowest BCUT2D eigenvalue weighted by atomic mass is 10.0. The fraction of sp³-hybridized carbons (Fsp3) is 0.500. The lowest BCUT2D eigenvalue weighted by molar-refractivity contribution is 0.122. The van der Waals surface area contributed by atoms with Crippen molar-refractivity contribution in [1.29, 1.82) is 0 Å². The third kappa shape index (κ3) is 4.25. The molecule has 2 saturated heterocycles. The summed E-state index contributed by atoms with van der Waals surface area (Å²) in [6.45, 7) is 6.47. The van der Waals surface area contributed by atoms with Crippen LogP contribution in [0.3, 0.4) is 0 Å². The molecule has 5 rings (SSSR count). The molecule has 164 valence electrons. The average Bonchev–Trinajstić information content (AvgIpc) is 3.15. The fourth-order valence-corrected chi connectivity index (χ4v) is 4.92. The molecule has 0 bridgehead atoms. The Morgan fingerprint density at radius 3 is 2.84 bits per heavy atom. The Balaban J connectivity index is 1.29. The molecule has 0 spiro atoms. The van der Waals surface area contributed by atoms with Crippen molar-refractivity contribution in [3.63, 3.8) is 0 Å². The minimum Gasteiger partial charge on any atom is -0.378 e. The largest absolute Gasteiger partial charge is 0.378 e. The summed E-state index contributed by atoms with van der Waals surface area (Å²) in [7, 11) is 4.28. The number of morpholine rings is 1. The van der Waals surface area contributed by atoms with Crippen molar-refractivity contribution in [1.82, 2.24) is 19.4 Å². The second kappa shape index (κ2) is 8.85. The lowest BCUT2D eigenvalue weighted by Gasteiger charge is -2.38. The normalized spacial score (nSPS) is 20.3. The number of likely N-dealkylation sites (N-methyl/N-ethyl adjacent to an activating group) is 1. The van der Waals surface area contributed by atoms with Crippen molar-refractivity contribution >= 4 is 22.7 Å². The van der Waals surface area contributed by atoms with Crippen molar-refractivity contribution in [2.24, 2.45) is 7.05 Å². The highest BCUT2D eigenvalue weighted by atomic mass is 16.5. The molecule has 0 saturated carbocycles. The molecule has 1 unspecified atom stereocenters. The first kappa shape index (κ1) is 20.3. The number of aryl methyl sites for hydroxylation is 1. The third-order valence-corrected chi connectivity index (χ3v) is 6.68. The molecule has 0 radical (unpaired) electrons. The van der Waals surface area contributed by atoms with Gasteiger partial charge in [0.1, 0.15) is 5.82 Å². The SMILES string of the molecule is CN(c1nccc(N2CCOCC2)n1)C1CCCN(Cc2cn(C)c3ccccc23)C1. The highest BCUT2D eigenvalue weighted by molar-refractivity contribution is 5.83. The van der Waals surface area contributed by atoms with Gasteiger partial charge in [0.2, 0.25) is 5.95 Å². The van der Waals surface area contributed by atoms with E-state index in [9.17, 15) is 0 Å². The number of nitrogens with zero attached hydrogens (tertiary/aromatic N) is 6. The van der Waals surface area contributed by atoms with E-state index in [0.717, 1.165) is 57.7 Å². The van der Waals surface area contributed by atoms with Gasteiger partial charge in [-0.15, -0.1) is 0 Å². The van der Waals surface area contributed by atoms with Gasteiger partial charge in [-0.05, 0) is 37.1 Å². The summed E-state index contributed by atoms with van der Waals surface area (Å²) in [5.74, 6) is 1.82. The van der Waals surface area contributed by atoms with Crippen LogP contribution in [0.2, 0.25) is 0 Å². The van der Waals surface area contributed by atoms with E-state index in [-0.39, 0.29) is 0 Å². The molecule has 1 aromatic carbocycles. The standard InChI is InChI=1S/C24H32N6O/c1-27-16-19(21-7-3-4-8-22(21)27)17-29-11-5-6-20(18-29)28(2)24-25-10-9-23(26-24)30-12-14-31-15-13-30/h3-4,7-10,16,20H,5-6,11-15,17-18H2,1-2H3. The summed E-state index contributed by atoms with van der Waals surface area (Å²) < 4.78 is 7.72. The molecule has 3 aromatic rings. The van der Waals surface area contributed by atoms with E-state index in [1.165, 1.54) is 29.3 Å². The quantitative estimate of drug-likeness (QED) is 0.633. The zero-order valence-electron chi connectivity index (χ0n) is 18.6. The molecule has 0 N–H and O–H groups in total. The molecule has 31 heavy (non-hydrogen) atoms. The first-order chi connectivity index (χ1) is 15.2. The Labute approximate surface area is 184 Å². The van der Waals surface area contributed by atoms with Crippen LogP contribution >= 0.6 is 0 Å². The Kier molecular flexibility index (Phi) is 5.78. The Morgan fingerprint density at radius 1 is 1.13 bits per heavy atom. The van der Waals surface area contributed by atoms with Crippen molar-refractivity contribution in [2.75, 3.05) is 56.2 Å². The Morgan fingerprint density at radius 2 is 1.97 bits per heavy atom. The van der Waals surface area contributed by atoms with Gasteiger partial charge in [-0.25, -0.2) is 4.98 Å². The molecular formula is C24H32N6O. The smallest absolute Gasteiger partial charge is 0.227 e. The number of likely N-dealkylation sites (tertiary alicyclic amines) is 1. The van der Waals surface area contributed by atoms with Gasteiger partial charge in [0, 0.05) is 69.6 Å². The molecule has 2 aromatic heterocycles. The summed E-state index contributed by atoms with van der Waals surface area (Å²) in [4.78, 5) is 16.6. The van der Waals surface area contributed by atoms with Crippen molar-refractivity contribution in [3.05, 3.63) is 48.3 Å². The summed E-state index contributed by atoms with van der Waals surface area (Å²) >= 11 is 0. The topological polar surface area (TPSA) is 49.7 Å². The van der Waals surface area contributed by atoms with Crippen LogP contribution in [0.4, 0.5) is 11.8 Å². The summed E-state index contributed by atoms with van der Waals surface area (Å²) in [5.41, 5.74) is 2.71. The third-order valence-electron chi connectivity index (χ3n) is 6.68. The predicted octanol–water partition coefficient (Wildman–Crippen LogP) is 2.91. The number of para-hydroxylation sites is 1. The zero-order valence-corrected chi connectivity index (χ0v) is 18.6. The fourth-order valence-electron chi connectivity index (χ4n) is 4.92. The van der Waals surface area contributed by atoms with Crippen LogP contribution in [-0.4, -0.2) is 71.9 Å².